The number of amides is 1. The first kappa shape index (κ1) is 18.6. The van der Waals surface area contributed by atoms with Crippen molar-refractivity contribution in [1.82, 2.24) is 4.98 Å². The number of thiazole rings is 1. The van der Waals surface area contributed by atoms with Gasteiger partial charge < -0.3 is 0 Å². The number of nitrogens with zero attached hydrogens (tertiary/aromatic N) is 2. The zero-order valence-corrected chi connectivity index (χ0v) is 17.0. The Morgan fingerprint density at radius 3 is 2.75 bits per heavy atom. The molecule has 0 saturated heterocycles. The molecular formula is C20H19N3O3S2. The number of nitrogens with one attached hydrogen (secondary N) is 1. The smallest absolute Gasteiger partial charge is 0.264 e. The van der Waals surface area contributed by atoms with Crippen molar-refractivity contribution in [3.05, 3.63) is 70.7 Å². The van der Waals surface area contributed by atoms with Gasteiger partial charge in [0.15, 0.2) is 5.13 Å². The van der Waals surface area contributed by atoms with Crippen LogP contribution < -0.4 is 9.62 Å². The Morgan fingerprint density at radius 2 is 2.00 bits per heavy atom. The standard InChI is InChI=1S/C20H19N3O3S2/c1-13-10-15-6-3-4-9-18(15)23(13)28(25,26)17-8-5-7-16(11-17)19(24)22-20-21-12-14(2)27-20/h3-9,11-13H,10H2,1-2H3,(H,21,22,24). The number of sulfonamides is 1. The number of carbonyl (C=O) groups excluding carboxylic acids is 1. The average Bonchev–Trinajstić information content (AvgIpc) is 3.23. The summed E-state index contributed by atoms with van der Waals surface area (Å²) in [5.74, 6) is -0.388. The van der Waals surface area contributed by atoms with E-state index in [1.165, 1.54) is 27.8 Å². The molecule has 0 aliphatic carbocycles. The van der Waals surface area contributed by atoms with E-state index in [0.717, 1.165) is 10.4 Å². The molecule has 0 saturated carbocycles. The fourth-order valence-corrected chi connectivity index (χ4v) is 5.80. The molecule has 1 N–H and O–H groups in total. The highest BCUT2D eigenvalue weighted by atomic mass is 32.2. The molecule has 8 heteroatoms. The first-order chi connectivity index (χ1) is 13.4. The molecule has 2 aromatic carbocycles. The number of aromatic nitrogens is 1. The maximum atomic E-state index is 13.3. The van der Waals surface area contributed by atoms with E-state index >= 15 is 0 Å². The number of rotatable bonds is 4. The van der Waals surface area contributed by atoms with Gasteiger partial charge in [0.05, 0.1) is 10.6 Å². The van der Waals surface area contributed by atoms with Crippen LogP contribution in [0.3, 0.4) is 0 Å². The molecule has 4 rings (SSSR count). The number of anilines is 2. The summed E-state index contributed by atoms with van der Waals surface area (Å²) >= 11 is 1.36. The molecule has 144 valence electrons. The molecule has 1 aromatic heterocycles. The van der Waals surface area contributed by atoms with Gasteiger partial charge in [0, 0.05) is 22.7 Å². The van der Waals surface area contributed by atoms with E-state index in [1.54, 1.807) is 18.3 Å². The lowest BCUT2D eigenvalue weighted by molar-refractivity contribution is 0.102. The van der Waals surface area contributed by atoms with Crippen LogP contribution in [0.25, 0.3) is 0 Å². The van der Waals surface area contributed by atoms with E-state index in [1.807, 2.05) is 38.1 Å². The van der Waals surface area contributed by atoms with Crippen molar-refractivity contribution >= 4 is 38.1 Å². The van der Waals surface area contributed by atoms with E-state index in [4.69, 9.17) is 0 Å². The van der Waals surface area contributed by atoms with Crippen LogP contribution in [0, 0.1) is 6.92 Å². The molecule has 6 nitrogen and oxygen atoms in total. The van der Waals surface area contributed by atoms with Crippen LogP contribution in [0.15, 0.2) is 59.6 Å². The summed E-state index contributed by atoms with van der Waals surface area (Å²) in [6, 6.07) is 13.4. The summed E-state index contributed by atoms with van der Waals surface area (Å²) in [5, 5.41) is 3.20. The second-order valence-corrected chi connectivity index (χ2v) is 9.79. The number of hydrogen-bond donors (Lipinski definition) is 1. The first-order valence-corrected chi connectivity index (χ1v) is 11.1. The Morgan fingerprint density at radius 1 is 1.21 bits per heavy atom. The van der Waals surface area contributed by atoms with Crippen molar-refractivity contribution in [1.29, 1.82) is 0 Å². The van der Waals surface area contributed by atoms with E-state index in [2.05, 4.69) is 10.3 Å². The summed E-state index contributed by atoms with van der Waals surface area (Å²) in [5.41, 5.74) is 1.98. The topological polar surface area (TPSA) is 79.4 Å². The van der Waals surface area contributed by atoms with E-state index in [0.29, 0.717) is 17.2 Å². The minimum atomic E-state index is -3.79. The number of para-hydroxylation sites is 1. The summed E-state index contributed by atoms with van der Waals surface area (Å²) in [7, 11) is -3.79. The summed E-state index contributed by atoms with van der Waals surface area (Å²) in [6.45, 7) is 3.79. The number of benzene rings is 2. The van der Waals surface area contributed by atoms with Crippen molar-refractivity contribution in [2.45, 2.75) is 31.2 Å². The van der Waals surface area contributed by atoms with Crippen molar-refractivity contribution in [2.75, 3.05) is 9.62 Å². The van der Waals surface area contributed by atoms with Crippen molar-refractivity contribution < 1.29 is 13.2 Å². The van der Waals surface area contributed by atoms with Crippen LogP contribution in [0.5, 0.6) is 0 Å². The average molecular weight is 414 g/mol. The minimum absolute atomic E-state index is 0.0963. The third kappa shape index (κ3) is 3.29. The van der Waals surface area contributed by atoms with Crippen LogP contribution in [-0.4, -0.2) is 25.4 Å². The van der Waals surface area contributed by atoms with Gasteiger partial charge >= 0.3 is 0 Å². The Kier molecular flexibility index (Phi) is 4.68. The lowest BCUT2D eigenvalue weighted by atomic mass is 10.1. The second kappa shape index (κ2) is 7.03. The first-order valence-electron chi connectivity index (χ1n) is 8.82. The molecule has 3 aromatic rings. The molecule has 0 radical (unpaired) electrons. The predicted molar refractivity (Wildman–Crippen MR) is 111 cm³/mol. The van der Waals surface area contributed by atoms with Gasteiger partial charge in [-0.05, 0) is 50.1 Å². The van der Waals surface area contributed by atoms with E-state index in [9.17, 15) is 13.2 Å². The highest BCUT2D eigenvalue weighted by Crippen LogP contribution is 2.36. The zero-order valence-electron chi connectivity index (χ0n) is 15.4. The second-order valence-electron chi connectivity index (χ2n) is 6.74. The Balaban J connectivity index is 1.66. The molecular weight excluding hydrogens is 394 g/mol. The van der Waals surface area contributed by atoms with Gasteiger partial charge in [0.25, 0.3) is 15.9 Å². The summed E-state index contributed by atoms with van der Waals surface area (Å²) in [6.07, 6.45) is 2.34. The van der Waals surface area contributed by atoms with E-state index < -0.39 is 10.0 Å². The van der Waals surface area contributed by atoms with Crippen LogP contribution in [-0.2, 0) is 16.4 Å². The molecule has 1 aliphatic rings. The third-order valence-electron chi connectivity index (χ3n) is 4.64. The monoisotopic (exact) mass is 413 g/mol. The molecule has 0 fully saturated rings. The van der Waals surface area contributed by atoms with Gasteiger partial charge in [0.2, 0.25) is 0 Å². The third-order valence-corrected chi connectivity index (χ3v) is 7.39. The quantitative estimate of drug-likeness (QED) is 0.705. The minimum Gasteiger partial charge on any atom is -0.298 e. The normalized spacial score (nSPS) is 16.1. The lowest BCUT2D eigenvalue weighted by Gasteiger charge is -2.24. The fourth-order valence-electron chi connectivity index (χ4n) is 3.40. The van der Waals surface area contributed by atoms with Crippen LogP contribution >= 0.6 is 11.3 Å². The molecule has 1 unspecified atom stereocenters. The van der Waals surface area contributed by atoms with Gasteiger partial charge in [-0.15, -0.1) is 11.3 Å². The molecule has 1 aliphatic heterocycles. The highest BCUT2D eigenvalue weighted by molar-refractivity contribution is 7.92. The predicted octanol–water partition coefficient (Wildman–Crippen LogP) is 3.84. The summed E-state index contributed by atoms with van der Waals surface area (Å²) < 4.78 is 28.1. The molecule has 28 heavy (non-hydrogen) atoms. The van der Waals surface area contributed by atoms with Gasteiger partial charge in [0.1, 0.15) is 0 Å². The Bertz CT molecular complexity index is 1150. The fraction of sp³-hybridized carbons (Fsp3) is 0.200. The van der Waals surface area contributed by atoms with Crippen molar-refractivity contribution in [3.63, 3.8) is 0 Å². The van der Waals surface area contributed by atoms with Crippen LogP contribution in [0.2, 0.25) is 0 Å². The Labute approximate surface area is 167 Å². The van der Waals surface area contributed by atoms with E-state index in [-0.39, 0.29) is 22.4 Å². The molecule has 0 spiro atoms. The van der Waals surface area contributed by atoms with Crippen LogP contribution in [0.1, 0.15) is 27.7 Å². The number of aryl methyl sites for hydroxylation is 1. The van der Waals surface area contributed by atoms with Gasteiger partial charge in [-0.1, -0.05) is 24.3 Å². The Hall–Kier alpha value is -2.71. The highest BCUT2D eigenvalue weighted by Gasteiger charge is 2.36. The van der Waals surface area contributed by atoms with Gasteiger partial charge in [-0.3, -0.25) is 14.4 Å². The SMILES string of the molecule is Cc1cnc(NC(=O)c2cccc(S(=O)(=O)N3c4ccccc4CC3C)c2)s1. The van der Waals surface area contributed by atoms with Gasteiger partial charge in [-0.25, -0.2) is 13.4 Å². The van der Waals surface area contributed by atoms with Crippen molar-refractivity contribution in [3.8, 4) is 0 Å². The molecule has 2 heterocycles. The number of hydrogen-bond acceptors (Lipinski definition) is 5. The number of fused-ring (bicyclic) bond motifs is 1. The summed E-state index contributed by atoms with van der Waals surface area (Å²) in [4.78, 5) is 17.7. The molecule has 0 bridgehead atoms. The number of carbonyl (C=O) groups is 1. The maximum Gasteiger partial charge on any atom is 0.264 e. The molecule has 1 atom stereocenters. The lowest BCUT2D eigenvalue weighted by Crippen LogP contribution is -2.35. The zero-order chi connectivity index (χ0) is 19.9. The van der Waals surface area contributed by atoms with Gasteiger partial charge in [-0.2, -0.15) is 0 Å². The largest absolute Gasteiger partial charge is 0.298 e. The molecule has 1 amide bonds. The maximum absolute atomic E-state index is 13.3. The van der Waals surface area contributed by atoms with Crippen LogP contribution in [0.4, 0.5) is 10.8 Å². The van der Waals surface area contributed by atoms with Crippen molar-refractivity contribution in [2.24, 2.45) is 0 Å².